The van der Waals surface area contributed by atoms with Crippen LogP contribution < -0.4 is 5.32 Å². The van der Waals surface area contributed by atoms with Gasteiger partial charge in [0.15, 0.2) is 0 Å². The highest BCUT2D eigenvalue weighted by molar-refractivity contribution is 4.78. The molecule has 0 amide bonds. The van der Waals surface area contributed by atoms with Gasteiger partial charge in [-0.1, -0.05) is 0 Å². The first kappa shape index (κ1) is 15.1. The van der Waals surface area contributed by atoms with Gasteiger partial charge >= 0.3 is 6.18 Å². The van der Waals surface area contributed by atoms with E-state index in [9.17, 15) is 13.2 Å². The molecule has 2 nitrogen and oxygen atoms in total. The second kappa shape index (κ2) is 6.93. The molecule has 0 aromatic rings. The minimum absolute atomic E-state index is 0.321. The minimum Gasteiger partial charge on any atom is -0.315 e. The van der Waals surface area contributed by atoms with Crippen molar-refractivity contribution < 1.29 is 13.2 Å². The van der Waals surface area contributed by atoms with Gasteiger partial charge in [0, 0.05) is 13.1 Å². The molecule has 1 aliphatic heterocycles. The molecule has 1 saturated heterocycles. The third-order valence-corrected chi connectivity index (χ3v) is 4.55. The van der Waals surface area contributed by atoms with Crippen LogP contribution in [0.3, 0.4) is 0 Å². The van der Waals surface area contributed by atoms with E-state index in [-0.39, 0.29) is 0 Å². The maximum absolute atomic E-state index is 12.5. The van der Waals surface area contributed by atoms with Crippen LogP contribution in [0.1, 0.15) is 38.5 Å². The molecule has 112 valence electrons. The summed E-state index contributed by atoms with van der Waals surface area (Å²) in [5.74, 6) is -0.606. The summed E-state index contributed by atoms with van der Waals surface area (Å²) in [5, 5.41) is 3.41. The van der Waals surface area contributed by atoms with Gasteiger partial charge in [0.25, 0.3) is 0 Å². The molecule has 1 aliphatic carbocycles. The Morgan fingerprint density at radius 3 is 2.21 bits per heavy atom. The Kier molecular flexibility index (Phi) is 5.51. The van der Waals surface area contributed by atoms with Crippen LogP contribution in [0.15, 0.2) is 0 Å². The van der Waals surface area contributed by atoms with Crippen LogP contribution in [-0.4, -0.2) is 43.8 Å². The SMILES string of the molecule is FC(F)(F)C1CCC(CNCCN2CCCC2)CC1. The van der Waals surface area contributed by atoms with Gasteiger partial charge in [-0.05, 0) is 64.1 Å². The van der Waals surface area contributed by atoms with E-state index in [4.69, 9.17) is 0 Å². The highest BCUT2D eigenvalue weighted by Crippen LogP contribution is 2.39. The average Bonchev–Trinajstić information content (AvgIpc) is 2.87. The van der Waals surface area contributed by atoms with Crippen LogP contribution >= 0.6 is 0 Å². The van der Waals surface area contributed by atoms with Gasteiger partial charge < -0.3 is 10.2 Å². The number of likely N-dealkylation sites (tertiary alicyclic amines) is 1. The number of hydrogen-bond donors (Lipinski definition) is 1. The van der Waals surface area contributed by atoms with E-state index in [1.807, 2.05) is 0 Å². The molecule has 0 radical (unpaired) electrons. The number of alkyl halides is 3. The number of rotatable bonds is 5. The van der Waals surface area contributed by atoms with Gasteiger partial charge in [-0.25, -0.2) is 0 Å². The molecule has 0 unspecified atom stereocenters. The molecular weight excluding hydrogens is 253 g/mol. The van der Waals surface area contributed by atoms with Gasteiger partial charge in [-0.15, -0.1) is 0 Å². The molecule has 0 atom stereocenters. The molecule has 0 aromatic heterocycles. The van der Waals surface area contributed by atoms with E-state index in [1.54, 1.807) is 0 Å². The Morgan fingerprint density at radius 2 is 1.63 bits per heavy atom. The lowest BCUT2D eigenvalue weighted by atomic mass is 9.81. The molecule has 2 rings (SSSR count). The third-order valence-electron chi connectivity index (χ3n) is 4.55. The van der Waals surface area contributed by atoms with Crippen molar-refractivity contribution in [2.24, 2.45) is 11.8 Å². The van der Waals surface area contributed by atoms with Gasteiger partial charge in [0.05, 0.1) is 5.92 Å². The van der Waals surface area contributed by atoms with E-state index in [0.29, 0.717) is 18.8 Å². The number of nitrogens with zero attached hydrogens (tertiary/aromatic N) is 1. The topological polar surface area (TPSA) is 15.3 Å². The molecule has 1 heterocycles. The van der Waals surface area contributed by atoms with Crippen molar-refractivity contribution in [1.29, 1.82) is 0 Å². The molecule has 1 N–H and O–H groups in total. The van der Waals surface area contributed by atoms with Crippen LogP contribution in [-0.2, 0) is 0 Å². The average molecular weight is 278 g/mol. The molecule has 19 heavy (non-hydrogen) atoms. The predicted octanol–water partition coefficient (Wildman–Crippen LogP) is 3.04. The van der Waals surface area contributed by atoms with Crippen molar-refractivity contribution in [2.75, 3.05) is 32.7 Å². The summed E-state index contributed by atoms with van der Waals surface area (Å²) in [7, 11) is 0. The summed E-state index contributed by atoms with van der Waals surface area (Å²) in [6, 6.07) is 0. The van der Waals surface area contributed by atoms with Crippen LogP contribution in [0.25, 0.3) is 0 Å². The Balaban J connectivity index is 1.53. The quantitative estimate of drug-likeness (QED) is 0.778. The van der Waals surface area contributed by atoms with E-state index in [1.165, 1.54) is 25.9 Å². The maximum atomic E-state index is 12.5. The number of hydrogen-bond acceptors (Lipinski definition) is 2. The van der Waals surface area contributed by atoms with Crippen LogP contribution in [0, 0.1) is 11.8 Å². The van der Waals surface area contributed by atoms with Gasteiger partial charge in [-0.2, -0.15) is 13.2 Å². The Bertz CT molecular complexity index is 254. The second-order valence-electron chi connectivity index (χ2n) is 6.01. The summed E-state index contributed by atoms with van der Waals surface area (Å²) in [5.41, 5.74) is 0. The standard InChI is InChI=1S/C14H25F3N2/c15-14(16,17)13-5-3-12(4-6-13)11-18-7-10-19-8-1-2-9-19/h12-13,18H,1-11H2. The Labute approximate surface area is 113 Å². The number of nitrogens with one attached hydrogen (secondary N) is 1. The summed E-state index contributed by atoms with van der Waals surface area (Å²) in [6.07, 6.45) is 0.725. The normalized spacial score (nSPS) is 29.8. The fraction of sp³-hybridized carbons (Fsp3) is 1.00. The summed E-state index contributed by atoms with van der Waals surface area (Å²) in [6.45, 7) is 5.35. The lowest BCUT2D eigenvalue weighted by molar-refractivity contribution is -0.183. The first-order valence-electron chi connectivity index (χ1n) is 7.55. The van der Waals surface area contributed by atoms with Crippen molar-refractivity contribution in [3.63, 3.8) is 0 Å². The molecule has 0 bridgehead atoms. The first-order chi connectivity index (χ1) is 9.05. The lowest BCUT2D eigenvalue weighted by Gasteiger charge is -2.30. The molecule has 1 saturated carbocycles. The first-order valence-corrected chi connectivity index (χ1v) is 7.55. The summed E-state index contributed by atoms with van der Waals surface area (Å²) < 4.78 is 37.6. The molecule has 2 aliphatic rings. The van der Waals surface area contributed by atoms with Gasteiger partial charge in [-0.3, -0.25) is 0 Å². The molecular formula is C14H25F3N2. The highest BCUT2D eigenvalue weighted by atomic mass is 19.4. The van der Waals surface area contributed by atoms with Crippen LogP contribution in [0.5, 0.6) is 0 Å². The van der Waals surface area contributed by atoms with Crippen molar-refractivity contribution in [1.82, 2.24) is 10.2 Å². The summed E-state index contributed by atoms with van der Waals surface area (Å²) in [4.78, 5) is 2.45. The van der Waals surface area contributed by atoms with E-state index < -0.39 is 12.1 Å². The van der Waals surface area contributed by atoms with Crippen LogP contribution in [0.4, 0.5) is 13.2 Å². The predicted molar refractivity (Wildman–Crippen MR) is 70.0 cm³/mol. The Hall–Kier alpha value is -0.290. The van der Waals surface area contributed by atoms with Gasteiger partial charge in [0.1, 0.15) is 0 Å². The largest absolute Gasteiger partial charge is 0.391 e. The fourth-order valence-electron chi connectivity index (χ4n) is 3.24. The maximum Gasteiger partial charge on any atom is 0.391 e. The number of halogens is 3. The van der Waals surface area contributed by atoms with Crippen molar-refractivity contribution in [2.45, 2.75) is 44.7 Å². The zero-order valence-electron chi connectivity index (χ0n) is 11.5. The minimum atomic E-state index is -3.98. The van der Waals surface area contributed by atoms with Gasteiger partial charge in [0.2, 0.25) is 0 Å². The van der Waals surface area contributed by atoms with E-state index >= 15 is 0 Å². The third kappa shape index (κ3) is 4.95. The van der Waals surface area contributed by atoms with Crippen LogP contribution in [0.2, 0.25) is 0 Å². The van der Waals surface area contributed by atoms with Crippen molar-refractivity contribution in [3.05, 3.63) is 0 Å². The fourth-order valence-corrected chi connectivity index (χ4v) is 3.24. The smallest absolute Gasteiger partial charge is 0.315 e. The van der Waals surface area contributed by atoms with Crippen molar-refractivity contribution in [3.8, 4) is 0 Å². The zero-order valence-corrected chi connectivity index (χ0v) is 11.5. The lowest BCUT2D eigenvalue weighted by Crippen LogP contribution is -2.35. The molecule has 5 heteroatoms. The molecule has 0 aromatic carbocycles. The van der Waals surface area contributed by atoms with E-state index in [0.717, 1.165) is 32.5 Å². The summed E-state index contributed by atoms with van der Waals surface area (Å²) >= 11 is 0. The van der Waals surface area contributed by atoms with Crippen molar-refractivity contribution >= 4 is 0 Å². The Morgan fingerprint density at radius 1 is 1.00 bits per heavy atom. The highest BCUT2D eigenvalue weighted by Gasteiger charge is 2.41. The zero-order chi connectivity index (χ0) is 13.7. The molecule has 0 spiro atoms. The monoisotopic (exact) mass is 278 g/mol. The second-order valence-corrected chi connectivity index (χ2v) is 6.01. The van der Waals surface area contributed by atoms with E-state index in [2.05, 4.69) is 10.2 Å². The molecule has 2 fully saturated rings.